The normalized spacial score (nSPS) is 10.5. The van der Waals surface area contributed by atoms with Crippen LogP contribution in [0.15, 0.2) is 48.5 Å². The Labute approximate surface area is 103 Å². The van der Waals surface area contributed by atoms with Gasteiger partial charge in [-0.15, -0.1) is 0 Å². The Bertz CT molecular complexity index is 471. The van der Waals surface area contributed by atoms with E-state index < -0.39 is 0 Å². The zero-order valence-electron chi connectivity index (χ0n) is 10.2. The standard InChI is InChI=1S/C16H18O/c1-13-7-9-15(10-8-13)16-6-2-4-14(12-16)5-3-11-17/h2,4,6-10,12,17H,3,5,11H2,1H3. The van der Waals surface area contributed by atoms with Gasteiger partial charge in [-0.3, -0.25) is 0 Å². The molecule has 0 heterocycles. The average Bonchev–Trinajstić information content (AvgIpc) is 2.37. The van der Waals surface area contributed by atoms with Crippen molar-refractivity contribution >= 4 is 0 Å². The van der Waals surface area contributed by atoms with Gasteiger partial charge >= 0.3 is 0 Å². The first-order valence-corrected chi connectivity index (χ1v) is 6.06. The van der Waals surface area contributed by atoms with Gasteiger partial charge < -0.3 is 5.11 Å². The summed E-state index contributed by atoms with van der Waals surface area (Å²) in [5.41, 5.74) is 5.07. The van der Waals surface area contributed by atoms with Crippen LogP contribution in [0.5, 0.6) is 0 Å². The number of aryl methyl sites for hydroxylation is 2. The zero-order valence-corrected chi connectivity index (χ0v) is 10.2. The van der Waals surface area contributed by atoms with Crippen molar-refractivity contribution in [2.24, 2.45) is 0 Å². The van der Waals surface area contributed by atoms with E-state index in [0.717, 1.165) is 12.8 Å². The number of benzene rings is 2. The SMILES string of the molecule is Cc1ccc(-c2cccc(CCCO)c2)cc1. The summed E-state index contributed by atoms with van der Waals surface area (Å²) in [6.45, 7) is 2.36. The first kappa shape index (κ1) is 11.9. The molecule has 0 amide bonds. The highest BCUT2D eigenvalue weighted by molar-refractivity contribution is 5.64. The highest BCUT2D eigenvalue weighted by Gasteiger charge is 1.99. The van der Waals surface area contributed by atoms with Crippen LogP contribution in [-0.4, -0.2) is 11.7 Å². The van der Waals surface area contributed by atoms with Gasteiger partial charge in [-0.05, 0) is 36.5 Å². The molecule has 2 aromatic rings. The van der Waals surface area contributed by atoms with Gasteiger partial charge in [-0.1, -0.05) is 54.1 Å². The molecule has 0 saturated heterocycles. The van der Waals surface area contributed by atoms with Gasteiger partial charge in [0.25, 0.3) is 0 Å². The largest absolute Gasteiger partial charge is 0.396 e. The van der Waals surface area contributed by atoms with Gasteiger partial charge in [0, 0.05) is 6.61 Å². The summed E-state index contributed by atoms with van der Waals surface area (Å²) in [6, 6.07) is 17.1. The lowest BCUT2D eigenvalue weighted by Gasteiger charge is -2.05. The van der Waals surface area contributed by atoms with Crippen molar-refractivity contribution in [1.29, 1.82) is 0 Å². The molecule has 0 aromatic heterocycles. The van der Waals surface area contributed by atoms with Gasteiger partial charge in [-0.2, -0.15) is 0 Å². The summed E-state index contributed by atoms with van der Waals surface area (Å²) >= 11 is 0. The molecule has 2 aromatic carbocycles. The van der Waals surface area contributed by atoms with E-state index in [4.69, 9.17) is 5.11 Å². The van der Waals surface area contributed by atoms with E-state index in [1.807, 2.05) is 0 Å². The Kier molecular flexibility index (Phi) is 3.94. The van der Waals surface area contributed by atoms with Crippen molar-refractivity contribution in [2.75, 3.05) is 6.61 Å². The van der Waals surface area contributed by atoms with E-state index in [1.165, 1.54) is 22.3 Å². The average molecular weight is 226 g/mol. The van der Waals surface area contributed by atoms with E-state index in [-0.39, 0.29) is 6.61 Å². The molecule has 0 atom stereocenters. The first-order chi connectivity index (χ1) is 8.29. The quantitative estimate of drug-likeness (QED) is 0.844. The summed E-state index contributed by atoms with van der Waals surface area (Å²) in [5.74, 6) is 0. The first-order valence-electron chi connectivity index (χ1n) is 6.06. The number of hydrogen-bond acceptors (Lipinski definition) is 1. The topological polar surface area (TPSA) is 20.2 Å². The maximum atomic E-state index is 8.84. The Balaban J connectivity index is 2.23. The van der Waals surface area contributed by atoms with E-state index >= 15 is 0 Å². The lowest BCUT2D eigenvalue weighted by molar-refractivity contribution is 0.288. The molecule has 0 radical (unpaired) electrons. The predicted octanol–water partition coefficient (Wildman–Crippen LogP) is 3.59. The molecule has 88 valence electrons. The highest BCUT2D eigenvalue weighted by atomic mass is 16.2. The van der Waals surface area contributed by atoms with Crippen LogP contribution >= 0.6 is 0 Å². The summed E-state index contributed by atoms with van der Waals surface area (Å²) in [4.78, 5) is 0. The maximum Gasteiger partial charge on any atom is 0.0434 e. The Morgan fingerprint density at radius 1 is 0.941 bits per heavy atom. The van der Waals surface area contributed by atoms with Crippen LogP contribution in [0.4, 0.5) is 0 Å². The van der Waals surface area contributed by atoms with Gasteiger partial charge in [-0.25, -0.2) is 0 Å². The maximum absolute atomic E-state index is 8.84. The predicted molar refractivity (Wildman–Crippen MR) is 72.0 cm³/mol. The summed E-state index contributed by atoms with van der Waals surface area (Å²) in [6.07, 6.45) is 1.77. The molecule has 17 heavy (non-hydrogen) atoms. The number of hydrogen-bond donors (Lipinski definition) is 1. The van der Waals surface area contributed by atoms with Crippen LogP contribution in [-0.2, 0) is 6.42 Å². The third-order valence-electron chi connectivity index (χ3n) is 2.94. The number of aliphatic hydroxyl groups is 1. The van der Waals surface area contributed by atoms with Crippen molar-refractivity contribution in [3.05, 3.63) is 59.7 Å². The summed E-state index contributed by atoms with van der Waals surface area (Å²) in [7, 11) is 0. The van der Waals surface area contributed by atoms with Crippen LogP contribution < -0.4 is 0 Å². The van der Waals surface area contributed by atoms with Crippen molar-refractivity contribution in [3.63, 3.8) is 0 Å². The fraction of sp³-hybridized carbons (Fsp3) is 0.250. The minimum absolute atomic E-state index is 0.259. The molecule has 2 rings (SSSR count). The molecule has 0 unspecified atom stereocenters. The van der Waals surface area contributed by atoms with E-state index in [9.17, 15) is 0 Å². The Morgan fingerprint density at radius 3 is 2.41 bits per heavy atom. The lowest BCUT2D eigenvalue weighted by atomic mass is 10.0. The summed E-state index contributed by atoms with van der Waals surface area (Å²) in [5, 5.41) is 8.84. The zero-order chi connectivity index (χ0) is 12.1. The minimum atomic E-state index is 0.259. The molecule has 0 fully saturated rings. The van der Waals surface area contributed by atoms with Crippen LogP contribution in [0.3, 0.4) is 0 Å². The van der Waals surface area contributed by atoms with Crippen molar-refractivity contribution in [1.82, 2.24) is 0 Å². The third-order valence-corrected chi connectivity index (χ3v) is 2.94. The molecular formula is C16H18O. The highest BCUT2D eigenvalue weighted by Crippen LogP contribution is 2.21. The van der Waals surface area contributed by atoms with Gasteiger partial charge in [0.1, 0.15) is 0 Å². The third kappa shape index (κ3) is 3.18. The Morgan fingerprint density at radius 2 is 1.71 bits per heavy atom. The molecule has 1 nitrogen and oxygen atoms in total. The molecule has 0 bridgehead atoms. The molecular weight excluding hydrogens is 208 g/mol. The van der Waals surface area contributed by atoms with Gasteiger partial charge in [0.05, 0.1) is 0 Å². The van der Waals surface area contributed by atoms with Crippen molar-refractivity contribution in [3.8, 4) is 11.1 Å². The number of rotatable bonds is 4. The van der Waals surface area contributed by atoms with Gasteiger partial charge in [0.2, 0.25) is 0 Å². The van der Waals surface area contributed by atoms with E-state index in [2.05, 4.69) is 55.5 Å². The second kappa shape index (κ2) is 5.65. The number of aliphatic hydroxyl groups excluding tert-OH is 1. The molecule has 0 aliphatic carbocycles. The summed E-state index contributed by atoms with van der Waals surface area (Å²) < 4.78 is 0. The van der Waals surface area contributed by atoms with Crippen LogP contribution in [0.2, 0.25) is 0 Å². The lowest BCUT2D eigenvalue weighted by Crippen LogP contribution is -1.89. The van der Waals surface area contributed by atoms with Crippen LogP contribution in [0.25, 0.3) is 11.1 Å². The molecule has 0 spiro atoms. The van der Waals surface area contributed by atoms with Crippen molar-refractivity contribution < 1.29 is 5.11 Å². The van der Waals surface area contributed by atoms with E-state index in [1.54, 1.807) is 0 Å². The fourth-order valence-electron chi connectivity index (χ4n) is 1.94. The molecule has 1 heteroatoms. The second-order valence-electron chi connectivity index (χ2n) is 4.39. The van der Waals surface area contributed by atoms with Gasteiger partial charge in [0.15, 0.2) is 0 Å². The molecule has 0 aliphatic rings. The van der Waals surface area contributed by atoms with Crippen LogP contribution in [0, 0.1) is 6.92 Å². The minimum Gasteiger partial charge on any atom is -0.396 e. The Hall–Kier alpha value is -1.60. The molecule has 0 saturated carbocycles. The smallest absolute Gasteiger partial charge is 0.0434 e. The fourth-order valence-corrected chi connectivity index (χ4v) is 1.94. The van der Waals surface area contributed by atoms with Crippen LogP contribution in [0.1, 0.15) is 17.5 Å². The second-order valence-corrected chi connectivity index (χ2v) is 4.39. The van der Waals surface area contributed by atoms with Crippen molar-refractivity contribution in [2.45, 2.75) is 19.8 Å². The van der Waals surface area contributed by atoms with E-state index in [0.29, 0.717) is 0 Å². The monoisotopic (exact) mass is 226 g/mol. The molecule has 0 aliphatic heterocycles. The molecule has 1 N–H and O–H groups in total.